The lowest BCUT2D eigenvalue weighted by Gasteiger charge is -2.04. The highest BCUT2D eigenvalue weighted by Crippen LogP contribution is 2.11. The predicted octanol–water partition coefficient (Wildman–Crippen LogP) is -0.595. The molecule has 2 aliphatic rings. The van der Waals surface area contributed by atoms with Crippen LogP contribution in [0, 0.1) is 0 Å². The first-order valence-corrected chi connectivity index (χ1v) is 5.61. The molecule has 4 N–H and O–H groups in total. The van der Waals surface area contributed by atoms with Crippen molar-refractivity contribution in [2.45, 2.75) is 37.9 Å². The fraction of sp³-hybridized carbons (Fsp3) is 0.800. The predicted molar refractivity (Wildman–Crippen MR) is 57.9 cm³/mol. The Kier molecular flexibility index (Phi) is 5.88. The molecular formula is C10H18N2O5. The number of hydrogen-bond acceptors (Lipinski definition) is 5. The van der Waals surface area contributed by atoms with Crippen LogP contribution in [0.5, 0.6) is 0 Å². The molecule has 17 heavy (non-hydrogen) atoms. The second-order valence-electron chi connectivity index (χ2n) is 3.85. The summed E-state index contributed by atoms with van der Waals surface area (Å²) in [7, 11) is 0. The minimum Gasteiger partial charge on any atom is -0.479 e. The van der Waals surface area contributed by atoms with Crippen LogP contribution in [-0.4, -0.2) is 42.4 Å². The Morgan fingerprint density at radius 3 is 1.94 bits per heavy atom. The number of carbonyl (C=O) groups excluding carboxylic acids is 1. The van der Waals surface area contributed by atoms with E-state index >= 15 is 0 Å². The lowest BCUT2D eigenvalue weighted by atomic mass is 10.2. The molecule has 0 spiro atoms. The highest BCUT2D eigenvalue weighted by Gasteiger charge is 2.22. The Morgan fingerprint density at radius 1 is 1.12 bits per heavy atom. The van der Waals surface area contributed by atoms with Crippen molar-refractivity contribution in [2.24, 2.45) is 5.84 Å². The van der Waals surface area contributed by atoms with Gasteiger partial charge in [-0.15, -0.1) is 0 Å². The molecule has 1 amide bonds. The number of carbonyl (C=O) groups is 2. The zero-order valence-electron chi connectivity index (χ0n) is 9.55. The van der Waals surface area contributed by atoms with Gasteiger partial charge in [-0.3, -0.25) is 10.2 Å². The lowest BCUT2D eigenvalue weighted by Crippen LogP contribution is -2.38. The number of nitrogens with one attached hydrogen (secondary N) is 1. The van der Waals surface area contributed by atoms with E-state index in [9.17, 15) is 9.59 Å². The lowest BCUT2D eigenvalue weighted by molar-refractivity contribution is -0.147. The quantitative estimate of drug-likeness (QED) is 0.341. The summed E-state index contributed by atoms with van der Waals surface area (Å²) in [4.78, 5) is 20.7. The van der Waals surface area contributed by atoms with Crippen LogP contribution >= 0.6 is 0 Å². The molecule has 2 saturated heterocycles. The van der Waals surface area contributed by atoms with Gasteiger partial charge in [0.2, 0.25) is 0 Å². The van der Waals surface area contributed by atoms with E-state index < -0.39 is 12.1 Å². The molecule has 98 valence electrons. The molecule has 0 unspecified atom stereocenters. The number of carboxylic acids is 1. The molecule has 2 rings (SSSR count). The Balaban J connectivity index is 0.000000171. The van der Waals surface area contributed by atoms with Gasteiger partial charge >= 0.3 is 5.97 Å². The smallest absolute Gasteiger partial charge is 0.332 e. The summed E-state index contributed by atoms with van der Waals surface area (Å²) in [5.41, 5.74) is 2.04. The van der Waals surface area contributed by atoms with Crippen LogP contribution < -0.4 is 11.3 Å². The van der Waals surface area contributed by atoms with Gasteiger partial charge in [0.1, 0.15) is 6.10 Å². The van der Waals surface area contributed by atoms with Gasteiger partial charge in [0.05, 0.1) is 0 Å². The normalized spacial score (nSPS) is 27.1. The van der Waals surface area contributed by atoms with Gasteiger partial charge in [-0.2, -0.15) is 0 Å². The van der Waals surface area contributed by atoms with E-state index in [0.717, 1.165) is 19.3 Å². The first-order valence-electron chi connectivity index (χ1n) is 5.61. The van der Waals surface area contributed by atoms with Gasteiger partial charge in [-0.25, -0.2) is 10.6 Å². The summed E-state index contributed by atoms with van der Waals surface area (Å²) in [6.07, 6.45) is 2.50. The van der Waals surface area contributed by atoms with E-state index in [0.29, 0.717) is 19.6 Å². The molecule has 0 aromatic heterocycles. The Morgan fingerprint density at radius 2 is 1.65 bits per heavy atom. The summed E-state index contributed by atoms with van der Waals surface area (Å²) >= 11 is 0. The van der Waals surface area contributed by atoms with Crippen LogP contribution in [0.2, 0.25) is 0 Å². The Labute approximate surface area is 99.2 Å². The van der Waals surface area contributed by atoms with Gasteiger partial charge in [-0.05, 0) is 25.7 Å². The molecule has 7 heteroatoms. The zero-order valence-corrected chi connectivity index (χ0v) is 9.55. The number of nitrogens with two attached hydrogens (primary N) is 1. The van der Waals surface area contributed by atoms with E-state index in [-0.39, 0.29) is 12.0 Å². The second-order valence-corrected chi connectivity index (χ2v) is 3.85. The number of hydrazine groups is 1. The van der Waals surface area contributed by atoms with Crippen LogP contribution in [0.3, 0.4) is 0 Å². The molecular weight excluding hydrogens is 228 g/mol. The first-order chi connectivity index (χ1) is 8.15. The number of amides is 1. The standard InChI is InChI=1S/C5H10N2O2.C5H8O3/c6-7-5(8)4-2-1-3-9-4;6-5(7)4-2-1-3-8-4/h4H,1-3,6H2,(H,7,8);4H,1-3H2,(H,6,7)/t2*4-/m11/s1. The molecule has 0 radical (unpaired) electrons. The summed E-state index contributed by atoms with van der Waals surface area (Å²) in [6, 6.07) is 0. The fourth-order valence-electron chi connectivity index (χ4n) is 1.65. The Hall–Kier alpha value is -1.18. The van der Waals surface area contributed by atoms with E-state index in [1.54, 1.807) is 0 Å². The van der Waals surface area contributed by atoms with Crippen LogP contribution in [0.25, 0.3) is 0 Å². The van der Waals surface area contributed by atoms with Crippen LogP contribution in [0.1, 0.15) is 25.7 Å². The van der Waals surface area contributed by atoms with Gasteiger partial charge in [-0.1, -0.05) is 0 Å². The third-order valence-corrected chi connectivity index (χ3v) is 2.57. The molecule has 0 aromatic rings. The number of carboxylic acid groups (broad SMARTS) is 1. The van der Waals surface area contributed by atoms with Gasteiger partial charge in [0, 0.05) is 13.2 Å². The van der Waals surface area contributed by atoms with Crippen LogP contribution in [-0.2, 0) is 19.1 Å². The SMILES string of the molecule is NNC(=O)[C@H]1CCCO1.O=C(O)[C@H]1CCCO1. The third kappa shape index (κ3) is 4.68. The van der Waals surface area contributed by atoms with Gasteiger partial charge < -0.3 is 14.6 Å². The molecule has 2 heterocycles. The second kappa shape index (κ2) is 7.21. The van der Waals surface area contributed by atoms with E-state index in [2.05, 4.69) is 0 Å². The first kappa shape index (κ1) is 13.9. The largest absolute Gasteiger partial charge is 0.479 e. The van der Waals surface area contributed by atoms with Gasteiger partial charge in [0.25, 0.3) is 5.91 Å². The average molecular weight is 246 g/mol. The maximum atomic E-state index is 10.7. The van der Waals surface area contributed by atoms with Crippen molar-refractivity contribution in [1.29, 1.82) is 0 Å². The summed E-state index contributed by atoms with van der Waals surface area (Å²) < 4.78 is 9.83. The number of aliphatic carboxylic acids is 1. The highest BCUT2D eigenvalue weighted by molar-refractivity contribution is 5.80. The van der Waals surface area contributed by atoms with E-state index in [1.807, 2.05) is 5.43 Å². The molecule has 2 atom stereocenters. The van der Waals surface area contributed by atoms with Crippen LogP contribution in [0.4, 0.5) is 0 Å². The van der Waals surface area contributed by atoms with Crippen molar-refractivity contribution in [3.05, 3.63) is 0 Å². The summed E-state index contributed by atoms with van der Waals surface area (Å²) in [6.45, 7) is 1.29. The fourth-order valence-corrected chi connectivity index (χ4v) is 1.65. The monoisotopic (exact) mass is 246 g/mol. The van der Waals surface area contributed by atoms with Crippen molar-refractivity contribution < 1.29 is 24.2 Å². The van der Waals surface area contributed by atoms with Crippen molar-refractivity contribution in [3.63, 3.8) is 0 Å². The topological polar surface area (TPSA) is 111 Å². The number of hydrogen-bond donors (Lipinski definition) is 3. The average Bonchev–Trinajstić information content (AvgIpc) is 3.01. The third-order valence-electron chi connectivity index (χ3n) is 2.57. The maximum Gasteiger partial charge on any atom is 0.332 e. The van der Waals surface area contributed by atoms with Gasteiger partial charge in [0.15, 0.2) is 6.10 Å². The van der Waals surface area contributed by atoms with E-state index in [1.165, 1.54) is 0 Å². The molecule has 2 fully saturated rings. The molecule has 7 nitrogen and oxygen atoms in total. The minimum atomic E-state index is -0.831. The number of rotatable bonds is 2. The zero-order chi connectivity index (χ0) is 12.7. The highest BCUT2D eigenvalue weighted by atomic mass is 16.5. The summed E-state index contributed by atoms with van der Waals surface area (Å²) in [5.74, 6) is 3.83. The van der Waals surface area contributed by atoms with E-state index in [4.69, 9.17) is 20.4 Å². The van der Waals surface area contributed by atoms with Crippen molar-refractivity contribution in [1.82, 2.24) is 5.43 Å². The Bertz CT molecular complexity index is 259. The molecule has 0 aliphatic carbocycles. The summed E-state index contributed by atoms with van der Waals surface area (Å²) in [5, 5.41) is 8.29. The molecule has 0 saturated carbocycles. The van der Waals surface area contributed by atoms with Crippen LogP contribution in [0.15, 0.2) is 0 Å². The van der Waals surface area contributed by atoms with Crippen molar-refractivity contribution in [3.8, 4) is 0 Å². The van der Waals surface area contributed by atoms with Crippen molar-refractivity contribution >= 4 is 11.9 Å². The molecule has 0 bridgehead atoms. The molecule has 2 aliphatic heterocycles. The van der Waals surface area contributed by atoms with Crippen molar-refractivity contribution in [2.75, 3.05) is 13.2 Å². The minimum absolute atomic E-state index is 0.215. The maximum absolute atomic E-state index is 10.7. The molecule has 0 aromatic carbocycles. The number of ether oxygens (including phenoxy) is 2.